The molecule has 0 spiro atoms. The Kier molecular flexibility index (Phi) is 40.8. The molecule has 1 rings (SSSR count). The fourth-order valence-corrected chi connectivity index (χ4v) is 8.71. The van der Waals surface area contributed by atoms with Crippen LogP contribution in [0, 0.1) is 0 Å². The Morgan fingerprint density at radius 3 is 0.700 bits per heavy atom. The summed E-state index contributed by atoms with van der Waals surface area (Å²) in [7, 11) is 0. The number of carbonyl (C=O) groups excluding carboxylic acids is 2. The van der Waals surface area contributed by atoms with Gasteiger partial charge in [-0.25, -0.2) is 9.97 Å². The molecular formula is C54H102N4O2. The van der Waals surface area contributed by atoms with E-state index in [0.717, 1.165) is 77.5 Å². The second kappa shape index (κ2) is 43.7. The lowest BCUT2D eigenvalue weighted by molar-refractivity contribution is 0.0739. The molecule has 0 fully saturated rings. The Bertz CT molecular complexity index is 952. The molecule has 0 bridgehead atoms. The van der Waals surface area contributed by atoms with Gasteiger partial charge in [0.2, 0.25) is 0 Å². The Labute approximate surface area is 374 Å². The molecule has 0 saturated heterocycles. The van der Waals surface area contributed by atoms with Crippen molar-refractivity contribution in [1.82, 2.24) is 19.8 Å². The van der Waals surface area contributed by atoms with Crippen LogP contribution in [0.3, 0.4) is 0 Å². The first-order chi connectivity index (χ1) is 29.6. The van der Waals surface area contributed by atoms with E-state index in [4.69, 9.17) is 0 Å². The number of carbonyl (C=O) groups is 2. The van der Waals surface area contributed by atoms with Gasteiger partial charge in [-0.2, -0.15) is 0 Å². The molecule has 6 heteroatoms. The quantitative estimate of drug-likeness (QED) is 0.0614. The average molecular weight is 839 g/mol. The zero-order valence-electron chi connectivity index (χ0n) is 40.9. The molecule has 0 unspecified atom stereocenters. The molecule has 1 heterocycles. The summed E-state index contributed by atoms with van der Waals surface area (Å²) in [5.41, 5.74) is 0.760. The fourth-order valence-electron chi connectivity index (χ4n) is 8.71. The number of amides is 2. The van der Waals surface area contributed by atoms with Crippen LogP contribution in [0.2, 0.25) is 0 Å². The Balaban J connectivity index is 2.83. The predicted molar refractivity (Wildman–Crippen MR) is 261 cm³/mol. The minimum absolute atomic E-state index is 0.0331. The summed E-state index contributed by atoms with van der Waals surface area (Å²) in [6.45, 7) is 12.2. The van der Waals surface area contributed by atoms with Gasteiger partial charge in [-0.1, -0.05) is 259 Å². The minimum atomic E-state index is -0.0331. The van der Waals surface area contributed by atoms with Crippen LogP contribution in [0.4, 0.5) is 0 Å². The van der Waals surface area contributed by atoms with Gasteiger partial charge in [0.15, 0.2) is 0 Å². The molecular weight excluding hydrogens is 737 g/mol. The van der Waals surface area contributed by atoms with E-state index in [1.54, 1.807) is 6.07 Å². The van der Waals surface area contributed by atoms with Crippen molar-refractivity contribution in [2.45, 2.75) is 285 Å². The number of hydrogen-bond acceptors (Lipinski definition) is 4. The van der Waals surface area contributed by atoms with Crippen LogP contribution in [-0.2, 0) is 0 Å². The summed E-state index contributed by atoms with van der Waals surface area (Å²) in [6, 6.07) is 1.71. The summed E-state index contributed by atoms with van der Waals surface area (Å²) < 4.78 is 0. The molecule has 350 valence electrons. The molecule has 2 amide bonds. The molecule has 0 aliphatic heterocycles. The van der Waals surface area contributed by atoms with E-state index in [2.05, 4.69) is 37.7 Å². The molecule has 0 aliphatic rings. The fraction of sp³-hybridized carbons (Fsp3) is 0.889. The van der Waals surface area contributed by atoms with Crippen molar-refractivity contribution in [1.29, 1.82) is 0 Å². The largest absolute Gasteiger partial charge is 0.337 e. The average Bonchev–Trinajstić information content (AvgIpc) is 3.27. The third-order valence-electron chi connectivity index (χ3n) is 12.8. The highest BCUT2D eigenvalue weighted by Crippen LogP contribution is 2.17. The van der Waals surface area contributed by atoms with E-state index in [9.17, 15) is 9.59 Å². The summed E-state index contributed by atoms with van der Waals surface area (Å²) in [5.74, 6) is -0.0662. The van der Waals surface area contributed by atoms with Crippen LogP contribution in [-0.4, -0.2) is 57.8 Å². The zero-order chi connectivity index (χ0) is 43.4. The van der Waals surface area contributed by atoms with Gasteiger partial charge in [-0.15, -0.1) is 0 Å². The molecule has 0 aromatic carbocycles. The second-order valence-corrected chi connectivity index (χ2v) is 18.6. The third kappa shape index (κ3) is 32.7. The first kappa shape index (κ1) is 56.0. The molecule has 0 radical (unpaired) electrons. The predicted octanol–water partition coefficient (Wildman–Crippen LogP) is 17.0. The molecule has 0 N–H and O–H groups in total. The first-order valence-corrected chi connectivity index (χ1v) is 27.0. The van der Waals surface area contributed by atoms with Gasteiger partial charge in [0, 0.05) is 32.2 Å². The maximum atomic E-state index is 14.1. The molecule has 0 aliphatic carbocycles. The molecule has 6 nitrogen and oxygen atoms in total. The smallest absolute Gasteiger partial charge is 0.272 e. The van der Waals surface area contributed by atoms with Crippen LogP contribution in [0.15, 0.2) is 12.4 Å². The van der Waals surface area contributed by atoms with Crippen LogP contribution in [0.25, 0.3) is 0 Å². The van der Waals surface area contributed by atoms with E-state index in [0.29, 0.717) is 11.4 Å². The van der Waals surface area contributed by atoms with Crippen molar-refractivity contribution in [3.05, 3.63) is 23.8 Å². The Morgan fingerprint density at radius 2 is 0.500 bits per heavy atom. The van der Waals surface area contributed by atoms with Crippen molar-refractivity contribution in [3.63, 3.8) is 0 Å². The second-order valence-electron chi connectivity index (χ2n) is 18.6. The van der Waals surface area contributed by atoms with E-state index in [1.165, 1.54) is 212 Å². The van der Waals surface area contributed by atoms with Crippen molar-refractivity contribution in [2.75, 3.05) is 26.2 Å². The first-order valence-electron chi connectivity index (χ1n) is 27.0. The standard InChI is InChI=1S/C54H102N4O2/c1-5-9-13-17-21-25-29-33-37-41-45-57(46-42-38-34-30-26-22-18-14-10-6-2)53(59)51-49-52(56-50-55-51)54(60)58(47-43-39-35-31-27-23-19-15-11-7-3)48-44-40-36-32-28-24-20-16-12-8-4/h49-50H,5-48H2,1-4H3. The summed E-state index contributed by atoms with van der Waals surface area (Å²) in [5, 5.41) is 0. The van der Waals surface area contributed by atoms with E-state index < -0.39 is 0 Å². The van der Waals surface area contributed by atoms with Gasteiger partial charge in [0.05, 0.1) is 0 Å². The zero-order valence-corrected chi connectivity index (χ0v) is 40.9. The SMILES string of the molecule is CCCCCCCCCCCCN(CCCCCCCCCCCC)C(=O)c1cc(C(=O)N(CCCCCCCCCCCC)CCCCCCCCCCCC)ncn1. The molecule has 0 atom stereocenters. The van der Waals surface area contributed by atoms with Crippen LogP contribution in [0.5, 0.6) is 0 Å². The van der Waals surface area contributed by atoms with Gasteiger partial charge in [-0.3, -0.25) is 9.59 Å². The van der Waals surface area contributed by atoms with E-state index in [1.807, 2.05) is 9.80 Å². The monoisotopic (exact) mass is 839 g/mol. The Morgan fingerprint density at radius 1 is 0.317 bits per heavy atom. The summed E-state index contributed by atoms with van der Waals surface area (Å²) in [4.78, 5) is 41.3. The van der Waals surface area contributed by atoms with E-state index in [-0.39, 0.29) is 11.8 Å². The molecule has 1 aromatic heterocycles. The van der Waals surface area contributed by atoms with Crippen molar-refractivity contribution in [2.24, 2.45) is 0 Å². The van der Waals surface area contributed by atoms with Gasteiger partial charge >= 0.3 is 0 Å². The number of nitrogens with zero attached hydrogens (tertiary/aromatic N) is 4. The van der Waals surface area contributed by atoms with Crippen molar-refractivity contribution < 1.29 is 9.59 Å². The van der Waals surface area contributed by atoms with Gasteiger partial charge < -0.3 is 9.80 Å². The van der Waals surface area contributed by atoms with Crippen LogP contribution >= 0.6 is 0 Å². The summed E-state index contributed by atoms with van der Waals surface area (Å²) >= 11 is 0. The topological polar surface area (TPSA) is 66.4 Å². The molecule has 0 saturated carbocycles. The van der Waals surface area contributed by atoms with Crippen molar-refractivity contribution in [3.8, 4) is 0 Å². The number of aromatic nitrogens is 2. The third-order valence-corrected chi connectivity index (χ3v) is 12.8. The van der Waals surface area contributed by atoms with Crippen LogP contribution < -0.4 is 0 Å². The minimum Gasteiger partial charge on any atom is -0.337 e. The highest BCUT2D eigenvalue weighted by molar-refractivity contribution is 5.97. The lowest BCUT2D eigenvalue weighted by atomic mass is 10.1. The lowest BCUT2D eigenvalue weighted by Crippen LogP contribution is -2.35. The summed E-state index contributed by atoms with van der Waals surface area (Å²) in [6.07, 6.45) is 52.8. The molecule has 1 aromatic rings. The highest BCUT2D eigenvalue weighted by Gasteiger charge is 2.22. The van der Waals surface area contributed by atoms with Gasteiger partial charge in [0.25, 0.3) is 11.8 Å². The normalized spacial score (nSPS) is 11.4. The number of unbranched alkanes of at least 4 members (excludes halogenated alkanes) is 36. The molecule has 60 heavy (non-hydrogen) atoms. The number of rotatable bonds is 46. The van der Waals surface area contributed by atoms with E-state index >= 15 is 0 Å². The Hall–Kier alpha value is -1.98. The number of hydrogen-bond donors (Lipinski definition) is 0. The highest BCUT2D eigenvalue weighted by atomic mass is 16.2. The maximum absolute atomic E-state index is 14.1. The van der Waals surface area contributed by atoms with Gasteiger partial charge in [0.1, 0.15) is 17.7 Å². The van der Waals surface area contributed by atoms with Gasteiger partial charge in [-0.05, 0) is 25.7 Å². The van der Waals surface area contributed by atoms with Crippen molar-refractivity contribution >= 4 is 11.8 Å². The lowest BCUT2D eigenvalue weighted by Gasteiger charge is -2.24. The van der Waals surface area contributed by atoms with Crippen LogP contribution in [0.1, 0.15) is 306 Å². The maximum Gasteiger partial charge on any atom is 0.272 e.